The Morgan fingerprint density at radius 2 is 1.73 bits per heavy atom. The molecule has 10 rings (SSSR count). The zero-order valence-electron chi connectivity index (χ0n) is 35.4. The third-order valence-corrected chi connectivity index (χ3v) is 14.9. The number of allylic oxidation sites excluding steroid dienone is 2. The first-order chi connectivity index (χ1) is 30.6. The lowest BCUT2D eigenvalue weighted by atomic mass is 9.56. The molecule has 1 aliphatic carbocycles. The molecule has 7 aromatic rings. The van der Waals surface area contributed by atoms with Gasteiger partial charge >= 0.3 is 11.4 Å². The number of rotatable bonds is 8. The predicted octanol–water partition coefficient (Wildman–Crippen LogP) is 5.60. The van der Waals surface area contributed by atoms with E-state index in [2.05, 4.69) is 4.98 Å². The zero-order chi connectivity index (χ0) is 45.3. The lowest BCUT2D eigenvalue weighted by molar-refractivity contribution is -0.129. The number of aromatic hydroxyl groups is 1. The number of nitrogens with zero attached hydrogens (tertiary/aromatic N) is 8. The number of thiophene rings is 1. The smallest absolute Gasteiger partial charge is 0.347 e. The number of phenolic OH excluding ortho intramolecular Hbond substituents is 1. The fraction of sp³-hybridized carbons (Fsp3) is 0.311. The van der Waals surface area contributed by atoms with Gasteiger partial charge in [-0.2, -0.15) is 5.10 Å². The number of halogens is 2. The number of ether oxygens (including phenoxy) is 2. The number of carbonyl (C=O) groups is 2. The fourth-order valence-corrected chi connectivity index (χ4v) is 11.4. The van der Waals surface area contributed by atoms with E-state index in [1.165, 1.54) is 56.3 Å². The molecular formula is C45H40ClFN8O8S. The van der Waals surface area contributed by atoms with Crippen molar-refractivity contribution in [3.8, 4) is 27.8 Å². The maximum atomic E-state index is 15.3. The normalized spacial score (nSPS) is 20.5. The second kappa shape index (κ2) is 14.6. The first-order valence-electron chi connectivity index (χ1n) is 20.4. The Bertz CT molecular complexity index is 3420. The SMILES string of the molecule is COc1cc2nc(CCn3c(=O)n4n(c3=O)C3CC5C(=O)N(c6cc(-c7sc8ccc(Cl)cc8c7C)nn6C)C(=O)C5(C)C(c5ccc(O)c(F)c5)C3=CC4)c(=O)n(C)c2cc1OC. The molecule has 0 radical (unpaired) electrons. The van der Waals surface area contributed by atoms with Gasteiger partial charge in [0.1, 0.15) is 17.2 Å². The first-order valence-corrected chi connectivity index (χ1v) is 21.6. The summed E-state index contributed by atoms with van der Waals surface area (Å²) in [6.45, 7) is 3.38. The number of fused-ring (bicyclic) bond motifs is 6. The molecule has 1 N–H and O–H groups in total. The maximum absolute atomic E-state index is 15.3. The van der Waals surface area contributed by atoms with Crippen molar-refractivity contribution in [3.63, 3.8) is 0 Å². The van der Waals surface area contributed by atoms with Crippen molar-refractivity contribution in [1.29, 1.82) is 0 Å². The number of aromatic nitrogens is 7. The van der Waals surface area contributed by atoms with Crippen molar-refractivity contribution in [2.45, 2.75) is 51.7 Å². The Kier molecular flexibility index (Phi) is 9.43. The summed E-state index contributed by atoms with van der Waals surface area (Å²) >= 11 is 7.83. The van der Waals surface area contributed by atoms with E-state index in [0.717, 1.165) is 36.1 Å². The van der Waals surface area contributed by atoms with E-state index in [1.807, 2.05) is 25.1 Å². The molecule has 6 heterocycles. The standard InChI is InChI=1S/C45H40ClFN8O8S/c1-21-25-16-23(46)8-10-36(25)64-39(21)30-19-37(51(4)49-30)54-40(57)26-17-31-24(38(45(26,2)42(54)59)22-7-9-33(56)27(47)15-22)11-14-53-43(60)52(44(61)55(31)53)13-12-28-41(58)50(3)32-20-35(63-6)34(62-5)18-29(32)48-28/h7-11,15-16,18-20,26,31,38,56H,12-14,17H2,1-6H3. The van der Waals surface area contributed by atoms with Crippen molar-refractivity contribution in [1.82, 2.24) is 33.3 Å². The molecule has 3 aliphatic rings. The molecule has 3 aromatic carbocycles. The summed E-state index contributed by atoms with van der Waals surface area (Å²) in [5.74, 6) is -3.55. The van der Waals surface area contributed by atoms with Gasteiger partial charge in [-0.15, -0.1) is 11.3 Å². The minimum atomic E-state index is -1.50. The molecule has 4 aromatic heterocycles. The highest BCUT2D eigenvalue weighted by atomic mass is 35.5. The van der Waals surface area contributed by atoms with Crippen LogP contribution in [0.2, 0.25) is 5.02 Å². The summed E-state index contributed by atoms with van der Waals surface area (Å²) in [5.41, 5.74) is 0.157. The van der Waals surface area contributed by atoms with Crippen molar-refractivity contribution in [2.75, 3.05) is 19.1 Å². The minimum Gasteiger partial charge on any atom is -0.505 e. The van der Waals surface area contributed by atoms with Gasteiger partial charge in [-0.3, -0.25) is 19.1 Å². The summed E-state index contributed by atoms with van der Waals surface area (Å²) in [5, 5.41) is 16.5. The Morgan fingerprint density at radius 3 is 2.47 bits per heavy atom. The average Bonchev–Trinajstić information content (AvgIpc) is 3.95. The number of imide groups is 1. The molecule has 19 heteroatoms. The lowest BCUT2D eigenvalue weighted by Crippen LogP contribution is -2.49. The highest BCUT2D eigenvalue weighted by Gasteiger charge is 2.66. The van der Waals surface area contributed by atoms with Gasteiger partial charge in [0, 0.05) is 60.9 Å². The van der Waals surface area contributed by atoms with Gasteiger partial charge in [0.15, 0.2) is 23.1 Å². The number of anilines is 1. The molecule has 64 heavy (non-hydrogen) atoms. The molecule has 16 nitrogen and oxygen atoms in total. The monoisotopic (exact) mass is 906 g/mol. The highest BCUT2D eigenvalue weighted by molar-refractivity contribution is 7.22. The van der Waals surface area contributed by atoms with Gasteiger partial charge < -0.3 is 19.1 Å². The van der Waals surface area contributed by atoms with Crippen LogP contribution in [0.5, 0.6) is 17.2 Å². The van der Waals surface area contributed by atoms with Crippen LogP contribution in [0.3, 0.4) is 0 Å². The molecule has 2 fully saturated rings. The van der Waals surface area contributed by atoms with Crippen LogP contribution < -0.4 is 31.3 Å². The number of methoxy groups -OCH3 is 2. The van der Waals surface area contributed by atoms with Crippen LogP contribution in [0, 0.1) is 24.1 Å². The van der Waals surface area contributed by atoms with Gasteiger partial charge in [0.25, 0.3) is 5.56 Å². The third kappa shape index (κ3) is 5.80. The van der Waals surface area contributed by atoms with Gasteiger partial charge in [0.2, 0.25) is 11.8 Å². The Morgan fingerprint density at radius 1 is 0.984 bits per heavy atom. The van der Waals surface area contributed by atoms with Crippen LogP contribution in [-0.2, 0) is 43.2 Å². The highest BCUT2D eigenvalue weighted by Crippen LogP contribution is 2.61. The summed E-state index contributed by atoms with van der Waals surface area (Å²) in [4.78, 5) is 78.8. The van der Waals surface area contributed by atoms with Gasteiger partial charge in [-0.05, 0) is 72.7 Å². The molecular weight excluding hydrogens is 867 g/mol. The molecule has 1 saturated carbocycles. The van der Waals surface area contributed by atoms with Crippen LogP contribution in [0.4, 0.5) is 10.2 Å². The number of phenols is 1. The van der Waals surface area contributed by atoms with E-state index in [9.17, 15) is 24.3 Å². The topological polar surface area (TPSA) is 178 Å². The largest absolute Gasteiger partial charge is 0.505 e. The second-order valence-electron chi connectivity index (χ2n) is 16.6. The van der Waals surface area contributed by atoms with E-state index in [0.29, 0.717) is 44.4 Å². The van der Waals surface area contributed by atoms with Crippen LogP contribution in [-0.4, -0.2) is 64.4 Å². The van der Waals surface area contributed by atoms with E-state index in [-0.39, 0.29) is 37.4 Å². The van der Waals surface area contributed by atoms with Crippen molar-refractivity contribution >= 4 is 61.7 Å². The summed E-state index contributed by atoms with van der Waals surface area (Å²) in [6, 6.07) is 13.5. The van der Waals surface area contributed by atoms with Crippen molar-refractivity contribution < 1.29 is 28.6 Å². The van der Waals surface area contributed by atoms with Crippen LogP contribution in [0.1, 0.15) is 42.1 Å². The molecule has 1 saturated heterocycles. The number of benzene rings is 3. The van der Waals surface area contributed by atoms with Crippen LogP contribution >= 0.6 is 22.9 Å². The number of aryl methyl sites for hydroxylation is 4. The number of hydrogen-bond acceptors (Lipinski definition) is 11. The summed E-state index contributed by atoms with van der Waals surface area (Å²) in [6.07, 6.45) is 1.65. The molecule has 0 bridgehead atoms. The van der Waals surface area contributed by atoms with E-state index >= 15 is 9.18 Å². The Balaban J connectivity index is 1.04. The molecule has 4 atom stereocenters. The van der Waals surface area contributed by atoms with Crippen LogP contribution in [0.25, 0.3) is 31.7 Å². The van der Waals surface area contributed by atoms with Crippen molar-refractivity contribution in [2.24, 2.45) is 25.4 Å². The van der Waals surface area contributed by atoms with E-state index in [4.69, 9.17) is 26.2 Å². The fourth-order valence-electron chi connectivity index (χ4n) is 10.1. The quantitative estimate of drug-likeness (QED) is 0.149. The maximum Gasteiger partial charge on any atom is 0.347 e. The Labute approximate surface area is 371 Å². The molecule has 4 unspecified atom stereocenters. The average molecular weight is 907 g/mol. The lowest BCUT2D eigenvalue weighted by Gasteiger charge is -2.47. The summed E-state index contributed by atoms with van der Waals surface area (Å²) < 4.78 is 33.6. The molecule has 0 spiro atoms. The minimum absolute atomic E-state index is 0.0389. The van der Waals surface area contributed by atoms with E-state index < -0.39 is 63.6 Å². The second-order valence-corrected chi connectivity index (χ2v) is 18.1. The third-order valence-electron chi connectivity index (χ3n) is 13.4. The van der Waals surface area contributed by atoms with Gasteiger partial charge in [-0.1, -0.05) is 23.7 Å². The first kappa shape index (κ1) is 41.2. The molecule has 2 amide bonds. The zero-order valence-corrected chi connectivity index (χ0v) is 37.0. The van der Waals surface area contributed by atoms with Crippen molar-refractivity contribution in [3.05, 3.63) is 125 Å². The summed E-state index contributed by atoms with van der Waals surface area (Å²) in [7, 11) is 6.21. The number of hydrogen-bond donors (Lipinski definition) is 1. The molecule has 2 aliphatic heterocycles. The predicted molar refractivity (Wildman–Crippen MR) is 237 cm³/mol. The molecule has 328 valence electrons. The van der Waals surface area contributed by atoms with Crippen LogP contribution in [0.15, 0.2) is 80.6 Å². The van der Waals surface area contributed by atoms with Gasteiger partial charge in [-0.25, -0.2) is 37.8 Å². The van der Waals surface area contributed by atoms with Gasteiger partial charge in [0.05, 0.1) is 54.0 Å². The Hall–Kier alpha value is -6.79. The number of carbonyl (C=O) groups excluding carboxylic acids is 2. The number of amides is 2. The van der Waals surface area contributed by atoms with E-state index in [1.54, 1.807) is 45.3 Å².